The molecule has 1 N–H and O–H groups in total. The van der Waals surface area contributed by atoms with E-state index in [4.69, 9.17) is 0 Å². The van der Waals surface area contributed by atoms with Crippen LogP contribution < -0.4 is 0 Å². The first-order valence-electron chi connectivity index (χ1n) is 10.6. The maximum atomic E-state index is 14.4. The molecule has 1 aromatic carbocycles. The summed E-state index contributed by atoms with van der Waals surface area (Å²) in [6.45, 7) is 1.98. The molecule has 0 atom stereocenters. The van der Waals surface area contributed by atoms with Crippen LogP contribution in [0, 0.1) is 6.92 Å². The van der Waals surface area contributed by atoms with Crippen LogP contribution in [0.3, 0.4) is 0 Å². The molecular formula is C23H22BF2N5O. The van der Waals surface area contributed by atoms with Gasteiger partial charge in [0.05, 0.1) is 11.9 Å². The van der Waals surface area contributed by atoms with E-state index in [1.54, 1.807) is 36.7 Å². The summed E-state index contributed by atoms with van der Waals surface area (Å²) in [5.74, 6) is 0.173. The van der Waals surface area contributed by atoms with Crippen LogP contribution in [0.25, 0.3) is 11.4 Å². The van der Waals surface area contributed by atoms with Crippen LogP contribution in [0.2, 0.25) is 0 Å². The molecule has 6 nitrogen and oxygen atoms in total. The van der Waals surface area contributed by atoms with Crippen molar-refractivity contribution >= 4 is 19.2 Å². The second kappa shape index (κ2) is 7.98. The number of hydrogen-bond donors (Lipinski definition) is 1. The van der Waals surface area contributed by atoms with Crippen molar-refractivity contribution in [3.8, 4) is 5.82 Å². The lowest BCUT2D eigenvalue weighted by molar-refractivity contribution is 0.0398. The fourth-order valence-electron chi connectivity index (χ4n) is 4.43. The van der Waals surface area contributed by atoms with Gasteiger partial charge in [0, 0.05) is 17.5 Å². The maximum Gasteiger partial charge on any atom is 0.679 e. The molecule has 1 aliphatic carbocycles. The van der Waals surface area contributed by atoms with Crippen LogP contribution in [-0.4, -0.2) is 38.2 Å². The molecule has 162 valence electrons. The first kappa shape index (κ1) is 20.6. The Bertz CT molecular complexity index is 1220. The molecule has 0 bridgehead atoms. The minimum atomic E-state index is -2.81. The molecule has 0 amide bonds. The summed E-state index contributed by atoms with van der Waals surface area (Å²) >= 11 is 0. The van der Waals surface area contributed by atoms with E-state index in [0.29, 0.717) is 35.5 Å². The molecule has 1 saturated carbocycles. The first-order valence-corrected chi connectivity index (χ1v) is 10.6. The number of aliphatic hydroxyl groups is 1. The monoisotopic (exact) mass is 433 g/mol. The highest BCUT2D eigenvalue weighted by atomic mass is 19.2. The number of allylic oxidation sites excluding steroid dienone is 2. The van der Waals surface area contributed by atoms with Crippen molar-refractivity contribution in [3.63, 3.8) is 0 Å². The average molecular weight is 433 g/mol. The standard InChI is InChI=1S/C23H22BF2N5O/c1-16-6-8-17(9-7-16)22(18-5-4-14-27-18)19-10-11-21(31(19)24(25)26)30-15-20(28-29-30)23(32)12-2-3-13-23/h4-11,14-15,32H,2-3,12-13H2,1H3/b22-18+. The van der Waals surface area contributed by atoms with E-state index in [1.807, 2.05) is 31.2 Å². The van der Waals surface area contributed by atoms with Crippen LogP contribution >= 0.6 is 0 Å². The van der Waals surface area contributed by atoms with Gasteiger partial charge in [0.15, 0.2) is 0 Å². The minimum absolute atomic E-state index is 0.173. The number of nitrogens with zero attached hydrogens (tertiary/aromatic N) is 5. The Morgan fingerprint density at radius 2 is 1.84 bits per heavy atom. The molecule has 0 radical (unpaired) electrons. The summed E-state index contributed by atoms with van der Waals surface area (Å²) in [7, 11) is -2.81. The number of halogens is 2. The highest BCUT2D eigenvalue weighted by molar-refractivity contribution is 6.42. The third kappa shape index (κ3) is 3.52. The Kier molecular flexibility index (Phi) is 5.13. The zero-order chi connectivity index (χ0) is 22.3. The van der Waals surface area contributed by atoms with Gasteiger partial charge in [-0.2, -0.15) is 0 Å². The zero-order valence-corrected chi connectivity index (χ0v) is 17.6. The van der Waals surface area contributed by atoms with Crippen LogP contribution in [-0.2, 0) is 5.60 Å². The van der Waals surface area contributed by atoms with Gasteiger partial charge in [-0.25, -0.2) is 4.68 Å². The zero-order valence-electron chi connectivity index (χ0n) is 17.6. The van der Waals surface area contributed by atoms with Gasteiger partial charge in [0.2, 0.25) is 0 Å². The number of aromatic nitrogens is 4. The van der Waals surface area contributed by atoms with Crippen LogP contribution in [0.15, 0.2) is 65.4 Å². The van der Waals surface area contributed by atoms with Crippen molar-refractivity contribution in [2.75, 3.05) is 0 Å². The third-order valence-corrected chi connectivity index (χ3v) is 6.13. The second-order valence-electron chi connectivity index (χ2n) is 8.28. The summed E-state index contributed by atoms with van der Waals surface area (Å²) in [4.78, 5) is 4.38. The van der Waals surface area contributed by atoms with Crippen molar-refractivity contribution in [3.05, 3.63) is 83.0 Å². The number of rotatable bonds is 5. The average Bonchev–Trinajstić information content (AvgIpc) is 3.57. The van der Waals surface area contributed by atoms with Crippen molar-refractivity contribution in [2.24, 2.45) is 4.99 Å². The van der Waals surface area contributed by atoms with E-state index >= 15 is 0 Å². The molecule has 2 aromatic heterocycles. The van der Waals surface area contributed by atoms with Crippen molar-refractivity contribution in [1.82, 2.24) is 19.5 Å². The fourth-order valence-corrected chi connectivity index (χ4v) is 4.43. The molecule has 0 saturated heterocycles. The lowest BCUT2D eigenvalue weighted by Crippen LogP contribution is -2.21. The Labute approximate surface area is 184 Å². The van der Waals surface area contributed by atoms with E-state index in [1.165, 1.54) is 4.68 Å². The molecule has 1 aliphatic heterocycles. The minimum Gasteiger partial charge on any atom is -0.383 e. The lowest BCUT2D eigenvalue weighted by Gasteiger charge is -2.18. The van der Waals surface area contributed by atoms with E-state index in [-0.39, 0.29) is 5.82 Å². The number of hydrogen-bond acceptors (Lipinski definition) is 4. The summed E-state index contributed by atoms with van der Waals surface area (Å²) < 4.78 is 31.0. The molecule has 32 heavy (non-hydrogen) atoms. The Morgan fingerprint density at radius 3 is 2.50 bits per heavy atom. The Balaban J connectivity index is 1.64. The SMILES string of the molecule is Cc1ccc(/C(=C2/C=CC=N2)c2ccc(-n3cc(C4(O)CCCC4)nn3)n2B(F)F)cc1. The van der Waals surface area contributed by atoms with Crippen LogP contribution in [0.5, 0.6) is 0 Å². The molecule has 2 aliphatic rings. The number of aliphatic imine (C=N–C) groups is 1. The van der Waals surface area contributed by atoms with Gasteiger partial charge >= 0.3 is 7.40 Å². The van der Waals surface area contributed by atoms with Gasteiger partial charge in [-0.3, -0.25) is 13.6 Å². The summed E-state index contributed by atoms with van der Waals surface area (Å²) in [5.41, 5.74) is 2.79. The summed E-state index contributed by atoms with van der Waals surface area (Å²) in [6, 6.07) is 10.9. The maximum absolute atomic E-state index is 14.4. The van der Waals surface area contributed by atoms with Gasteiger partial charge in [-0.15, -0.1) is 5.10 Å². The third-order valence-electron chi connectivity index (χ3n) is 6.13. The van der Waals surface area contributed by atoms with Crippen molar-refractivity contribution in [2.45, 2.75) is 38.2 Å². The topological polar surface area (TPSA) is 68.2 Å². The van der Waals surface area contributed by atoms with Crippen molar-refractivity contribution < 1.29 is 13.7 Å². The highest BCUT2D eigenvalue weighted by Crippen LogP contribution is 2.38. The van der Waals surface area contributed by atoms with Gasteiger partial charge in [-0.05, 0) is 49.6 Å². The fraction of sp³-hybridized carbons (Fsp3) is 0.261. The van der Waals surface area contributed by atoms with Crippen molar-refractivity contribution in [1.29, 1.82) is 0 Å². The molecule has 0 spiro atoms. The molecule has 3 aromatic rings. The van der Waals surface area contributed by atoms with E-state index in [2.05, 4.69) is 15.3 Å². The molecule has 5 rings (SSSR count). The van der Waals surface area contributed by atoms with E-state index in [9.17, 15) is 13.7 Å². The van der Waals surface area contributed by atoms with Gasteiger partial charge in [0.25, 0.3) is 0 Å². The van der Waals surface area contributed by atoms with Gasteiger partial charge in [-0.1, -0.05) is 47.9 Å². The smallest absolute Gasteiger partial charge is 0.383 e. The Hall–Kier alpha value is -3.33. The summed E-state index contributed by atoms with van der Waals surface area (Å²) in [5, 5.41) is 19.0. The normalized spacial score (nSPS) is 18.5. The Morgan fingerprint density at radius 1 is 1.09 bits per heavy atom. The number of benzene rings is 1. The van der Waals surface area contributed by atoms with E-state index in [0.717, 1.165) is 28.4 Å². The first-order chi connectivity index (χ1) is 15.5. The molecule has 0 unspecified atom stereocenters. The van der Waals surface area contributed by atoms with Gasteiger partial charge in [0.1, 0.15) is 17.1 Å². The summed E-state index contributed by atoms with van der Waals surface area (Å²) in [6.07, 6.45) is 9.79. The highest BCUT2D eigenvalue weighted by Gasteiger charge is 2.36. The quantitative estimate of drug-likeness (QED) is 0.610. The molecule has 3 heterocycles. The second-order valence-corrected chi connectivity index (χ2v) is 8.28. The largest absolute Gasteiger partial charge is 0.679 e. The van der Waals surface area contributed by atoms with Crippen LogP contribution in [0.4, 0.5) is 8.63 Å². The predicted molar refractivity (Wildman–Crippen MR) is 120 cm³/mol. The number of aryl methyl sites for hydroxylation is 1. The predicted octanol–water partition coefficient (Wildman–Crippen LogP) is 4.31. The van der Waals surface area contributed by atoms with Gasteiger partial charge < -0.3 is 9.58 Å². The van der Waals surface area contributed by atoms with E-state index < -0.39 is 13.0 Å². The molecular weight excluding hydrogens is 411 g/mol. The van der Waals surface area contributed by atoms with Crippen LogP contribution in [0.1, 0.15) is 48.2 Å². The molecule has 9 heteroatoms. The lowest BCUT2D eigenvalue weighted by atomic mass is 9.98. The molecule has 1 fully saturated rings.